The average molecular weight is 300 g/mol. The van der Waals surface area contributed by atoms with E-state index in [4.69, 9.17) is 0 Å². The lowest BCUT2D eigenvalue weighted by Gasteiger charge is -2.31. The summed E-state index contributed by atoms with van der Waals surface area (Å²) in [6.07, 6.45) is 1.64. The molecule has 1 aromatic carbocycles. The summed E-state index contributed by atoms with van der Waals surface area (Å²) in [5.41, 5.74) is 0. The Morgan fingerprint density at radius 3 is 2.55 bits per heavy atom. The molecular weight excluding hydrogens is 279 g/mol. The lowest BCUT2D eigenvalue weighted by atomic mass is 9.98. The molecule has 1 fully saturated rings. The predicted octanol–water partition coefficient (Wildman–Crippen LogP) is 1.84. The fraction of sp³-hybridized carbons (Fsp3) is 0.571. The number of rotatable bonds is 5. The number of benzene rings is 1. The summed E-state index contributed by atoms with van der Waals surface area (Å²) in [4.78, 5) is -0.217. The quantitative estimate of drug-likeness (QED) is 0.902. The van der Waals surface area contributed by atoms with Gasteiger partial charge >= 0.3 is 0 Å². The molecule has 1 aliphatic heterocycles. The minimum Gasteiger partial charge on any atom is -0.317 e. The van der Waals surface area contributed by atoms with E-state index in [1.807, 2.05) is 0 Å². The molecule has 4 nitrogen and oxygen atoms in total. The molecule has 0 spiro atoms. The zero-order chi connectivity index (χ0) is 14.6. The van der Waals surface area contributed by atoms with Gasteiger partial charge in [0.1, 0.15) is 10.7 Å². The first-order valence-corrected chi connectivity index (χ1v) is 8.45. The highest BCUT2D eigenvalue weighted by Crippen LogP contribution is 2.24. The van der Waals surface area contributed by atoms with Crippen molar-refractivity contribution in [1.82, 2.24) is 9.62 Å². The second kappa shape index (κ2) is 6.65. The van der Waals surface area contributed by atoms with Crippen molar-refractivity contribution in [3.8, 4) is 0 Å². The summed E-state index contributed by atoms with van der Waals surface area (Å²) < 4.78 is 39.9. The van der Waals surface area contributed by atoms with E-state index in [9.17, 15) is 12.8 Å². The van der Waals surface area contributed by atoms with E-state index in [1.165, 1.54) is 22.5 Å². The van der Waals surface area contributed by atoms with E-state index in [2.05, 4.69) is 12.2 Å². The van der Waals surface area contributed by atoms with Crippen LogP contribution in [0.15, 0.2) is 29.2 Å². The maximum atomic E-state index is 13.7. The van der Waals surface area contributed by atoms with Gasteiger partial charge in [0, 0.05) is 13.1 Å². The summed E-state index contributed by atoms with van der Waals surface area (Å²) in [7, 11) is -3.70. The van der Waals surface area contributed by atoms with Gasteiger partial charge in [0.15, 0.2) is 0 Å². The molecule has 2 rings (SSSR count). The van der Waals surface area contributed by atoms with Crippen LogP contribution >= 0.6 is 0 Å². The van der Waals surface area contributed by atoms with Crippen molar-refractivity contribution in [2.45, 2.75) is 24.7 Å². The van der Waals surface area contributed by atoms with Crippen molar-refractivity contribution in [2.75, 3.05) is 26.2 Å². The van der Waals surface area contributed by atoms with E-state index in [-0.39, 0.29) is 4.90 Å². The molecule has 0 radical (unpaired) electrons. The van der Waals surface area contributed by atoms with Gasteiger partial charge in [-0.3, -0.25) is 0 Å². The summed E-state index contributed by atoms with van der Waals surface area (Å²) in [5, 5.41) is 3.28. The molecule has 0 amide bonds. The molecule has 0 aromatic heterocycles. The molecule has 20 heavy (non-hydrogen) atoms. The number of halogens is 1. The van der Waals surface area contributed by atoms with Crippen LogP contribution in [-0.2, 0) is 10.0 Å². The number of sulfonamides is 1. The first-order valence-electron chi connectivity index (χ1n) is 7.01. The maximum Gasteiger partial charge on any atom is 0.245 e. The Hall–Kier alpha value is -0.980. The van der Waals surface area contributed by atoms with Gasteiger partial charge in [-0.15, -0.1) is 0 Å². The number of piperidine rings is 1. The van der Waals surface area contributed by atoms with Crippen molar-refractivity contribution < 1.29 is 12.8 Å². The third kappa shape index (κ3) is 3.37. The smallest absolute Gasteiger partial charge is 0.245 e. The second-order valence-corrected chi connectivity index (χ2v) is 6.99. The monoisotopic (exact) mass is 300 g/mol. The van der Waals surface area contributed by atoms with E-state index in [0.717, 1.165) is 25.9 Å². The molecule has 6 heteroatoms. The Balaban J connectivity index is 2.04. The first kappa shape index (κ1) is 15.4. The van der Waals surface area contributed by atoms with Crippen LogP contribution in [0.1, 0.15) is 19.8 Å². The highest BCUT2D eigenvalue weighted by molar-refractivity contribution is 7.89. The Morgan fingerprint density at radius 1 is 1.30 bits per heavy atom. The average Bonchev–Trinajstić information content (AvgIpc) is 2.46. The Bertz CT molecular complexity index is 540. The molecule has 1 aromatic rings. The molecule has 0 bridgehead atoms. The zero-order valence-corrected chi connectivity index (χ0v) is 12.5. The summed E-state index contributed by atoms with van der Waals surface area (Å²) in [6, 6.07) is 5.56. The van der Waals surface area contributed by atoms with E-state index >= 15 is 0 Å². The van der Waals surface area contributed by atoms with Gasteiger partial charge in [-0.2, -0.15) is 4.31 Å². The molecule has 1 heterocycles. The first-order chi connectivity index (χ1) is 9.55. The Morgan fingerprint density at radius 2 is 1.95 bits per heavy atom. The van der Waals surface area contributed by atoms with Crippen LogP contribution in [0.2, 0.25) is 0 Å². The van der Waals surface area contributed by atoms with Crippen molar-refractivity contribution in [1.29, 1.82) is 0 Å². The zero-order valence-electron chi connectivity index (χ0n) is 11.7. The van der Waals surface area contributed by atoms with E-state index in [1.54, 1.807) is 6.07 Å². The fourth-order valence-electron chi connectivity index (χ4n) is 2.50. The highest BCUT2D eigenvalue weighted by Gasteiger charge is 2.30. The maximum absolute atomic E-state index is 13.7. The lowest BCUT2D eigenvalue weighted by molar-refractivity contribution is 0.268. The van der Waals surface area contributed by atoms with Gasteiger partial charge in [0.25, 0.3) is 0 Å². The van der Waals surface area contributed by atoms with E-state index in [0.29, 0.717) is 19.0 Å². The molecule has 0 aliphatic carbocycles. The molecule has 112 valence electrons. The molecule has 0 saturated carbocycles. The molecular formula is C14H21FN2O2S. The van der Waals surface area contributed by atoms with Crippen LogP contribution in [-0.4, -0.2) is 38.9 Å². The molecule has 1 saturated heterocycles. The number of nitrogens with one attached hydrogen (secondary N) is 1. The Labute approximate surface area is 120 Å². The largest absolute Gasteiger partial charge is 0.317 e. The van der Waals surface area contributed by atoms with Gasteiger partial charge in [-0.05, 0) is 44.0 Å². The summed E-state index contributed by atoms with van der Waals surface area (Å²) >= 11 is 0. The topological polar surface area (TPSA) is 49.4 Å². The van der Waals surface area contributed by atoms with Crippen LogP contribution < -0.4 is 5.32 Å². The number of hydrogen-bond donors (Lipinski definition) is 1. The molecule has 1 N–H and O–H groups in total. The van der Waals surface area contributed by atoms with Crippen molar-refractivity contribution in [3.63, 3.8) is 0 Å². The highest BCUT2D eigenvalue weighted by atomic mass is 32.2. The summed E-state index contributed by atoms with van der Waals surface area (Å²) in [5.74, 6) is -0.177. The van der Waals surface area contributed by atoms with Gasteiger partial charge in [0.2, 0.25) is 10.0 Å². The van der Waals surface area contributed by atoms with Gasteiger partial charge in [-0.1, -0.05) is 19.1 Å². The minimum atomic E-state index is -3.70. The third-order valence-corrected chi connectivity index (χ3v) is 5.64. The van der Waals surface area contributed by atoms with Crippen molar-refractivity contribution in [3.05, 3.63) is 30.1 Å². The second-order valence-electron chi connectivity index (χ2n) is 5.09. The van der Waals surface area contributed by atoms with Gasteiger partial charge in [-0.25, -0.2) is 12.8 Å². The number of hydrogen-bond acceptors (Lipinski definition) is 3. The minimum absolute atomic E-state index is 0.217. The van der Waals surface area contributed by atoms with Crippen molar-refractivity contribution in [2.24, 2.45) is 5.92 Å². The van der Waals surface area contributed by atoms with Gasteiger partial charge in [0.05, 0.1) is 0 Å². The van der Waals surface area contributed by atoms with E-state index < -0.39 is 15.8 Å². The Kier molecular flexibility index (Phi) is 5.12. The molecule has 0 atom stereocenters. The lowest BCUT2D eigenvalue weighted by Crippen LogP contribution is -2.40. The predicted molar refractivity (Wildman–Crippen MR) is 76.4 cm³/mol. The molecule has 0 unspecified atom stereocenters. The number of nitrogens with zero attached hydrogens (tertiary/aromatic N) is 1. The third-order valence-electron chi connectivity index (χ3n) is 3.71. The molecule has 1 aliphatic rings. The SMILES string of the molecule is CCNCC1CCN(S(=O)(=O)c2ccccc2F)CC1. The van der Waals surface area contributed by atoms with Crippen LogP contribution in [0, 0.1) is 11.7 Å². The van der Waals surface area contributed by atoms with Crippen LogP contribution in [0.25, 0.3) is 0 Å². The van der Waals surface area contributed by atoms with Gasteiger partial charge < -0.3 is 5.32 Å². The van der Waals surface area contributed by atoms with Crippen LogP contribution in [0.4, 0.5) is 4.39 Å². The van der Waals surface area contributed by atoms with Crippen LogP contribution in [0.3, 0.4) is 0 Å². The fourth-order valence-corrected chi connectivity index (χ4v) is 4.03. The summed E-state index contributed by atoms with van der Waals surface area (Å²) in [6.45, 7) is 4.83. The standard InChI is InChI=1S/C14H21FN2O2S/c1-2-16-11-12-7-9-17(10-8-12)20(18,19)14-6-4-3-5-13(14)15/h3-6,12,16H,2,7-11H2,1H3. The van der Waals surface area contributed by atoms with Crippen LogP contribution in [0.5, 0.6) is 0 Å². The van der Waals surface area contributed by atoms with Crippen molar-refractivity contribution >= 4 is 10.0 Å². The normalized spacial score (nSPS) is 18.3.